The van der Waals surface area contributed by atoms with Crippen LogP contribution in [0.1, 0.15) is 12.5 Å². The van der Waals surface area contributed by atoms with E-state index in [1.165, 1.54) is 4.57 Å². The highest BCUT2D eigenvalue weighted by Gasteiger charge is 2.18. The number of hydrogen-bond acceptors (Lipinski definition) is 4. The molecule has 0 aliphatic rings. The average Bonchev–Trinajstić information content (AvgIpc) is 2.99. The molecule has 0 aliphatic heterocycles. The van der Waals surface area contributed by atoms with Gasteiger partial charge in [0, 0.05) is 31.8 Å². The van der Waals surface area contributed by atoms with E-state index in [4.69, 9.17) is 9.47 Å². The summed E-state index contributed by atoms with van der Waals surface area (Å²) in [5.41, 5.74) is 2.29. The van der Waals surface area contributed by atoms with Crippen LogP contribution in [0.4, 0.5) is 0 Å². The lowest BCUT2D eigenvalue weighted by atomic mass is 10.1. The number of rotatable bonds is 7. The molecule has 0 spiro atoms. The van der Waals surface area contributed by atoms with Crippen LogP contribution in [0.25, 0.3) is 11.0 Å². The summed E-state index contributed by atoms with van der Waals surface area (Å²) < 4.78 is 13.8. The van der Waals surface area contributed by atoms with Crippen LogP contribution in [0, 0.1) is 0 Å². The summed E-state index contributed by atoms with van der Waals surface area (Å²) in [6, 6.07) is 13.0. The predicted octanol–water partition coefficient (Wildman–Crippen LogP) is 2.50. The maximum atomic E-state index is 12.8. The van der Waals surface area contributed by atoms with Crippen molar-refractivity contribution in [3.63, 3.8) is 0 Å². The number of hydrogen-bond donors (Lipinski definition) is 0. The Balaban J connectivity index is 1.83. The SMILES string of the molecule is CCn1c(=O)n(CC(=O)N(C)Cc2ccc(OC)cc2OC)c2ccccc21. The van der Waals surface area contributed by atoms with E-state index < -0.39 is 0 Å². The maximum absolute atomic E-state index is 12.8. The second-order valence-electron chi connectivity index (χ2n) is 6.53. The summed E-state index contributed by atoms with van der Waals surface area (Å²) in [4.78, 5) is 27.1. The zero-order valence-electron chi connectivity index (χ0n) is 16.6. The lowest BCUT2D eigenvalue weighted by Crippen LogP contribution is -2.34. The third kappa shape index (κ3) is 3.60. The van der Waals surface area contributed by atoms with Crippen LogP contribution in [-0.2, 0) is 24.4 Å². The number of methoxy groups -OCH3 is 2. The zero-order valence-corrected chi connectivity index (χ0v) is 16.6. The van der Waals surface area contributed by atoms with Gasteiger partial charge >= 0.3 is 5.69 Å². The van der Waals surface area contributed by atoms with Crippen molar-refractivity contribution in [1.82, 2.24) is 14.0 Å². The molecule has 1 heterocycles. The van der Waals surface area contributed by atoms with Gasteiger partial charge < -0.3 is 14.4 Å². The van der Waals surface area contributed by atoms with Gasteiger partial charge in [-0.1, -0.05) is 12.1 Å². The van der Waals surface area contributed by atoms with Crippen molar-refractivity contribution in [2.24, 2.45) is 0 Å². The van der Waals surface area contributed by atoms with Gasteiger partial charge in [-0.25, -0.2) is 4.79 Å². The largest absolute Gasteiger partial charge is 0.497 e. The highest BCUT2D eigenvalue weighted by atomic mass is 16.5. The van der Waals surface area contributed by atoms with Gasteiger partial charge in [0.25, 0.3) is 0 Å². The Morgan fingerprint density at radius 3 is 2.32 bits per heavy atom. The molecule has 0 radical (unpaired) electrons. The van der Waals surface area contributed by atoms with Crippen LogP contribution < -0.4 is 15.2 Å². The van der Waals surface area contributed by atoms with E-state index in [1.54, 1.807) is 36.8 Å². The van der Waals surface area contributed by atoms with Gasteiger partial charge in [0.1, 0.15) is 18.0 Å². The van der Waals surface area contributed by atoms with Gasteiger partial charge in [-0.2, -0.15) is 0 Å². The Morgan fingerprint density at radius 1 is 1.04 bits per heavy atom. The molecule has 0 saturated carbocycles. The smallest absolute Gasteiger partial charge is 0.329 e. The van der Waals surface area contributed by atoms with E-state index in [1.807, 2.05) is 43.3 Å². The first-order chi connectivity index (χ1) is 13.5. The van der Waals surface area contributed by atoms with Gasteiger partial charge in [0.2, 0.25) is 5.91 Å². The second-order valence-corrected chi connectivity index (χ2v) is 6.53. The molecule has 2 aromatic carbocycles. The Hall–Kier alpha value is -3.22. The minimum atomic E-state index is -0.174. The number of nitrogens with zero attached hydrogens (tertiary/aromatic N) is 3. The van der Waals surface area contributed by atoms with Crippen LogP contribution in [0.3, 0.4) is 0 Å². The molecular weight excluding hydrogens is 358 g/mol. The first-order valence-corrected chi connectivity index (χ1v) is 9.13. The van der Waals surface area contributed by atoms with Crippen molar-refractivity contribution in [2.45, 2.75) is 26.6 Å². The Bertz CT molecular complexity index is 1050. The van der Waals surface area contributed by atoms with E-state index >= 15 is 0 Å². The molecule has 0 fully saturated rings. The van der Waals surface area contributed by atoms with Crippen LogP contribution in [-0.4, -0.2) is 41.2 Å². The van der Waals surface area contributed by atoms with E-state index in [0.29, 0.717) is 24.6 Å². The van der Waals surface area contributed by atoms with E-state index in [-0.39, 0.29) is 18.1 Å². The highest BCUT2D eigenvalue weighted by molar-refractivity contribution is 5.81. The number of carbonyl (C=O) groups excluding carboxylic acids is 1. The molecule has 7 nitrogen and oxygen atoms in total. The number of amides is 1. The molecule has 3 rings (SSSR count). The summed E-state index contributed by atoms with van der Waals surface area (Å²) in [5.74, 6) is 1.19. The Kier molecular flexibility index (Phi) is 5.73. The van der Waals surface area contributed by atoms with Crippen LogP contribution in [0.15, 0.2) is 47.3 Å². The summed E-state index contributed by atoms with van der Waals surface area (Å²) in [5, 5.41) is 0. The summed E-state index contributed by atoms with van der Waals surface area (Å²) in [6.07, 6.45) is 0. The molecule has 148 valence electrons. The van der Waals surface area contributed by atoms with Crippen LogP contribution >= 0.6 is 0 Å². The second kappa shape index (κ2) is 8.21. The molecule has 1 aromatic heterocycles. The van der Waals surface area contributed by atoms with E-state index in [0.717, 1.165) is 16.6 Å². The number of likely N-dealkylation sites (N-methyl/N-ethyl adjacent to an activating group) is 1. The Labute approximate surface area is 163 Å². The summed E-state index contributed by atoms with van der Waals surface area (Å²) >= 11 is 0. The molecule has 0 saturated heterocycles. The molecule has 0 N–H and O–H groups in total. The number of imidazole rings is 1. The first kappa shape index (κ1) is 19.5. The maximum Gasteiger partial charge on any atom is 0.329 e. The van der Waals surface area contributed by atoms with Gasteiger partial charge in [-0.3, -0.25) is 13.9 Å². The summed E-state index contributed by atoms with van der Waals surface area (Å²) in [6.45, 7) is 2.83. The highest BCUT2D eigenvalue weighted by Crippen LogP contribution is 2.25. The Morgan fingerprint density at radius 2 is 1.71 bits per heavy atom. The number of fused-ring (bicyclic) bond motifs is 1. The quantitative estimate of drug-likeness (QED) is 0.629. The van der Waals surface area contributed by atoms with Crippen molar-refractivity contribution < 1.29 is 14.3 Å². The van der Waals surface area contributed by atoms with Crippen molar-refractivity contribution in [2.75, 3.05) is 21.3 Å². The fourth-order valence-corrected chi connectivity index (χ4v) is 3.31. The fourth-order valence-electron chi connectivity index (χ4n) is 3.31. The minimum absolute atomic E-state index is 0.0126. The van der Waals surface area contributed by atoms with Gasteiger partial charge in [-0.05, 0) is 31.2 Å². The van der Waals surface area contributed by atoms with Crippen LogP contribution in [0.2, 0.25) is 0 Å². The lowest BCUT2D eigenvalue weighted by Gasteiger charge is -2.19. The van der Waals surface area contributed by atoms with E-state index in [2.05, 4.69) is 0 Å². The molecule has 28 heavy (non-hydrogen) atoms. The third-order valence-corrected chi connectivity index (χ3v) is 4.86. The number of para-hydroxylation sites is 2. The standard InChI is InChI=1S/C21H25N3O4/c1-5-23-17-8-6-7-9-18(17)24(21(23)26)14-20(25)22(2)13-15-10-11-16(27-3)12-19(15)28-4/h6-12H,5,13-14H2,1-4H3. The number of ether oxygens (including phenoxy) is 2. The summed E-state index contributed by atoms with van der Waals surface area (Å²) in [7, 11) is 4.89. The number of aryl methyl sites for hydroxylation is 1. The van der Waals surface area contributed by atoms with Gasteiger partial charge in [0.15, 0.2) is 0 Å². The monoisotopic (exact) mass is 383 g/mol. The lowest BCUT2D eigenvalue weighted by molar-refractivity contribution is -0.131. The fraction of sp³-hybridized carbons (Fsp3) is 0.333. The van der Waals surface area contributed by atoms with Crippen molar-refractivity contribution in [3.8, 4) is 11.5 Å². The van der Waals surface area contributed by atoms with Crippen molar-refractivity contribution >= 4 is 16.9 Å². The average molecular weight is 383 g/mol. The normalized spacial score (nSPS) is 10.9. The molecule has 0 atom stereocenters. The molecule has 7 heteroatoms. The molecule has 3 aromatic rings. The topological polar surface area (TPSA) is 65.7 Å². The molecule has 1 amide bonds. The molecular formula is C21H25N3O4. The number of carbonyl (C=O) groups is 1. The minimum Gasteiger partial charge on any atom is -0.497 e. The molecule has 0 unspecified atom stereocenters. The first-order valence-electron chi connectivity index (χ1n) is 9.13. The predicted molar refractivity (Wildman–Crippen MR) is 108 cm³/mol. The zero-order chi connectivity index (χ0) is 20.3. The molecule has 0 aliphatic carbocycles. The molecule has 0 bridgehead atoms. The number of benzene rings is 2. The van der Waals surface area contributed by atoms with E-state index in [9.17, 15) is 9.59 Å². The van der Waals surface area contributed by atoms with Crippen molar-refractivity contribution in [3.05, 3.63) is 58.5 Å². The third-order valence-electron chi connectivity index (χ3n) is 4.86. The van der Waals surface area contributed by atoms with Crippen molar-refractivity contribution in [1.29, 1.82) is 0 Å². The van der Waals surface area contributed by atoms with Gasteiger partial charge in [0.05, 0.1) is 25.3 Å². The number of aromatic nitrogens is 2. The van der Waals surface area contributed by atoms with Gasteiger partial charge in [-0.15, -0.1) is 0 Å². The van der Waals surface area contributed by atoms with Crippen LogP contribution in [0.5, 0.6) is 11.5 Å².